The average molecular weight is 293 g/mol. The number of ether oxygens (including phenoxy) is 2. The lowest BCUT2D eigenvalue weighted by Gasteiger charge is -2.28. The van der Waals surface area contributed by atoms with Gasteiger partial charge < -0.3 is 20.3 Å². The molecule has 1 aliphatic carbocycles. The van der Waals surface area contributed by atoms with E-state index < -0.39 is 11.4 Å². The van der Waals surface area contributed by atoms with Crippen molar-refractivity contribution >= 4 is 5.97 Å². The Morgan fingerprint density at radius 3 is 2.48 bits per heavy atom. The van der Waals surface area contributed by atoms with Crippen LogP contribution in [0.15, 0.2) is 18.2 Å². The lowest BCUT2D eigenvalue weighted by molar-refractivity contribution is -0.149. The fourth-order valence-corrected chi connectivity index (χ4v) is 2.73. The van der Waals surface area contributed by atoms with Crippen LogP contribution >= 0.6 is 0 Å². The minimum Gasteiger partial charge on any atom is -0.493 e. The summed E-state index contributed by atoms with van der Waals surface area (Å²) in [5.41, 5.74) is 5.84. The van der Waals surface area contributed by atoms with Crippen molar-refractivity contribution in [1.29, 1.82) is 0 Å². The van der Waals surface area contributed by atoms with E-state index in [1.54, 1.807) is 20.3 Å². The predicted octanol–water partition coefficient (Wildman–Crippen LogP) is 2.08. The number of hydrogen-bond acceptors (Lipinski definition) is 4. The quantitative estimate of drug-likeness (QED) is 0.767. The topological polar surface area (TPSA) is 81.8 Å². The smallest absolute Gasteiger partial charge is 0.311 e. The molecule has 0 saturated heterocycles. The molecular weight excluding hydrogens is 270 g/mol. The molecule has 1 aliphatic rings. The van der Waals surface area contributed by atoms with Crippen molar-refractivity contribution in [2.45, 2.75) is 25.7 Å². The van der Waals surface area contributed by atoms with E-state index in [1.165, 1.54) is 0 Å². The number of carboxylic acid groups (broad SMARTS) is 1. The highest BCUT2D eigenvalue weighted by molar-refractivity contribution is 5.75. The normalized spacial score (nSPS) is 17.1. The molecule has 1 atom stereocenters. The summed E-state index contributed by atoms with van der Waals surface area (Å²) in [6.45, 7) is 0.146. The maximum atomic E-state index is 11.8. The second-order valence-corrected chi connectivity index (χ2v) is 5.80. The number of nitrogens with two attached hydrogens (primary N) is 1. The van der Waals surface area contributed by atoms with E-state index in [0.717, 1.165) is 18.4 Å². The standard InChI is InChI=1S/C16H23NO4/c1-20-13-6-5-12(7-14(13)21-2)9-16(10-17,15(18)19)8-11-3-4-11/h5-7,11H,3-4,8-10,17H2,1-2H3,(H,18,19). The molecule has 1 saturated carbocycles. The molecule has 3 N–H and O–H groups in total. The molecule has 0 heterocycles. The van der Waals surface area contributed by atoms with Gasteiger partial charge in [0.05, 0.1) is 19.6 Å². The van der Waals surface area contributed by atoms with Crippen LogP contribution in [0.5, 0.6) is 11.5 Å². The Hall–Kier alpha value is -1.75. The fourth-order valence-electron chi connectivity index (χ4n) is 2.73. The molecule has 0 bridgehead atoms. The van der Waals surface area contributed by atoms with Gasteiger partial charge in [0, 0.05) is 6.54 Å². The van der Waals surface area contributed by atoms with E-state index in [9.17, 15) is 9.90 Å². The van der Waals surface area contributed by atoms with Crippen molar-refractivity contribution in [2.24, 2.45) is 17.1 Å². The molecule has 116 valence electrons. The molecular formula is C16H23NO4. The number of rotatable bonds is 8. The lowest BCUT2D eigenvalue weighted by Crippen LogP contribution is -2.41. The van der Waals surface area contributed by atoms with Gasteiger partial charge in [0.2, 0.25) is 0 Å². The van der Waals surface area contributed by atoms with Crippen LogP contribution in [0, 0.1) is 11.3 Å². The SMILES string of the molecule is COc1ccc(CC(CN)(CC2CC2)C(=O)O)cc1OC. The molecule has 0 amide bonds. The molecule has 5 heteroatoms. The second kappa shape index (κ2) is 6.35. The van der Waals surface area contributed by atoms with Crippen LogP contribution in [0.2, 0.25) is 0 Å². The Kier molecular flexibility index (Phi) is 4.73. The van der Waals surface area contributed by atoms with E-state index in [0.29, 0.717) is 30.3 Å². The van der Waals surface area contributed by atoms with Gasteiger partial charge in [-0.1, -0.05) is 18.9 Å². The van der Waals surface area contributed by atoms with Crippen LogP contribution in [-0.4, -0.2) is 31.8 Å². The van der Waals surface area contributed by atoms with Gasteiger partial charge in [-0.25, -0.2) is 0 Å². The molecule has 0 aliphatic heterocycles. The van der Waals surface area contributed by atoms with E-state index >= 15 is 0 Å². The third-order valence-electron chi connectivity index (χ3n) is 4.21. The van der Waals surface area contributed by atoms with Crippen LogP contribution in [0.1, 0.15) is 24.8 Å². The number of carbonyl (C=O) groups is 1. The maximum absolute atomic E-state index is 11.8. The Morgan fingerprint density at radius 1 is 1.33 bits per heavy atom. The molecule has 5 nitrogen and oxygen atoms in total. The van der Waals surface area contributed by atoms with Gasteiger partial charge in [-0.05, 0) is 36.5 Å². The van der Waals surface area contributed by atoms with Gasteiger partial charge >= 0.3 is 5.97 Å². The first-order valence-electron chi connectivity index (χ1n) is 7.19. The Balaban J connectivity index is 2.25. The highest BCUT2D eigenvalue weighted by Gasteiger charge is 2.42. The summed E-state index contributed by atoms with van der Waals surface area (Å²) in [6, 6.07) is 5.51. The molecule has 1 unspecified atom stereocenters. The third-order valence-corrected chi connectivity index (χ3v) is 4.21. The number of benzene rings is 1. The van der Waals surface area contributed by atoms with E-state index in [1.807, 2.05) is 12.1 Å². The summed E-state index contributed by atoms with van der Waals surface area (Å²) in [6.07, 6.45) is 3.28. The zero-order valence-corrected chi connectivity index (χ0v) is 12.6. The van der Waals surface area contributed by atoms with Gasteiger partial charge in [-0.15, -0.1) is 0 Å². The van der Waals surface area contributed by atoms with Crippen molar-refractivity contribution in [3.63, 3.8) is 0 Å². The first kappa shape index (κ1) is 15.6. The number of carboxylic acids is 1. The first-order valence-corrected chi connectivity index (χ1v) is 7.19. The van der Waals surface area contributed by atoms with Gasteiger partial charge in [0.1, 0.15) is 0 Å². The minimum atomic E-state index is -0.888. The van der Waals surface area contributed by atoms with Crippen molar-refractivity contribution in [2.75, 3.05) is 20.8 Å². The fraction of sp³-hybridized carbons (Fsp3) is 0.562. The average Bonchev–Trinajstić information content (AvgIpc) is 3.29. The van der Waals surface area contributed by atoms with Crippen molar-refractivity contribution in [3.8, 4) is 11.5 Å². The summed E-state index contributed by atoms with van der Waals surface area (Å²) in [5.74, 6) is 0.936. The summed E-state index contributed by atoms with van der Waals surface area (Å²) in [4.78, 5) is 11.8. The second-order valence-electron chi connectivity index (χ2n) is 5.80. The summed E-state index contributed by atoms with van der Waals surface area (Å²) in [7, 11) is 3.14. The summed E-state index contributed by atoms with van der Waals surface area (Å²) >= 11 is 0. The van der Waals surface area contributed by atoms with Crippen LogP contribution in [0.25, 0.3) is 0 Å². The Morgan fingerprint density at radius 2 is 2.00 bits per heavy atom. The van der Waals surface area contributed by atoms with Gasteiger partial charge in [-0.3, -0.25) is 4.79 Å². The predicted molar refractivity (Wildman–Crippen MR) is 79.7 cm³/mol. The molecule has 1 aromatic carbocycles. The molecule has 2 rings (SSSR count). The largest absolute Gasteiger partial charge is 0.493 e. The zero-order chi connectivity index (χ0) is 15.5. The van der Waals surface area contributed by atoms with Gasteiger partial charge in [0.25, 0.3) is 0 Å². The summed E-state index contributed by atoms with van der Waals surface area (Å²) < 4.78 is 10.5. The summed E-state index contributed by atoms with van der Waals surface area (Å²) in [5, 5.41) is 9.65. The van der Waals surface area contributed by atoms with Crippen LogP contribution in [0.4, 0.5) is 0 Å². The minimum absolute atomic E-state index is 0.146. The van der Waals surface area contributed by atoms with Crippen molar-refractivity contribution in [1.82, 2.24) is 0 Å². The highest BCUT2D eigenvalue weighted by atomic mass is 16.5. The lowest BCUT2D eigenvalue weighted by atomic mass is 9.77. The molecule has 1 fully saturated rings. The Bertz CT molecular complexity index is 513. The third kappa shape index (κ3) is 3.47. The molecule has 21 heavy (non-hydrogen) atoms. The van der Waals surface area contributed by atoms with Crippen molar-refractivity contribution < 1.29 is 19.4 Å². The number of methoxy groups -OCH3 is 2. The highest BCUT2D eigenvalue weighted by Crippen LogP contribution is 2.42. The van der Waals surface area contributed by atoms with E-state index in [-0.39, 0.29) is 6.54 Å². The van der Waals surface area contributed by atoms with Crippen molar-refractivity contribution in [3.05, 3.63) is 23.8 Å². The number of aliphatic carboxylic acids is 1. The number of hydrogen-bond donors (Lipinski definition) is 2. The van der Waals surface area contributed by atoms with Crippen LogP contribution in [-0.2, 0) is 11.2 Å². The zero-order valence-electron chi connectivity index (χ0n) is 12.6. The maximum Gasteiger partial charge on any atom is 0.311 e. The van der Waals surface area contributed by atoms with E-state index in [2.05, 4.69) is 0 Å². The van der Waals surface area contributed by atoms with Crippen LogP contribution < -0.4 is 15.2 Å². The monoisotopic (exact) mass is 293 g/mol. The molecule has 0 spiro atoms. The van der Waals surface area contributed by atoms with Gasteiger partial charge in [-0.2, -0.15) is 0 Å². The molecule has 0 aromatic heterocycles. The van der Waals surface area contributed by atoms with Gasteiger partial charge in [0.15, 0.2) is 11.5 Å². The molecule has 1 aromatic rings. The van der Waals surface area contributed by atoms with E-state index in [4.69, 9.17) is 15.2 Å². The first-order chi connectivity index (χ1) is 10.0. The van der Waals surface area contributed by atoms with Crippen LogP contribution in [0.3, 0.4) is 0 Å². The molecule has 0 radical (unpaired) electrons. The Labute approximate surface area is 125 Å².